The molecule has 7 nitrogen and oxygen atoms in total. The molecule has 0 bridgehead atoms. The predicted molar refractivity (Wildman–Crippen MR) is 99.8 cm³/mol. The standard InChI is InChI=1S/C17H23ClN2O5S/c1-3-11(2)20(12-7-8-26(23,24)10-12)15(21)9-25-17(22)13-5-4-6-14(18)16(13)19/h4-6,11-12H,3,7-10,19H2,1-2H3. The number of hydrogen-bond acceptors (Lipinski definition) is 6. The number of ether oxygens (including phenoxy) is 1. The molecule has 2 atom stereocenters. The normalized spacial score (nSPS) is 19.7. The Balaban J connectivity index is 2.07. The van der Waals surface area contributed by atoms with E-state index in [0.29, 0.717) is 12.8 Å². The molecular formula is C17H23ClN2O5S. The Labute approximate surface area is 158 Å². The number of hydrogen-bond donors (Lipinski definition) is 1. The van der Waals surface area contributed by atoms with Crippen molar-refractivity contribution in [2.45, 2.75) is 38.8 Å². The zero-order chi connectivity index (χ0) is 19.5. The molecule has 26 heavy (non-hydrogen) atoms. The van der Waals surface area contributed by atoms with Gasteiger partial charge in [-0.3, -0.25) is 4.79 Å². The maximum Gasteiger partial charge on any atom is 0.340 e. The van der Waals surface area contributed by atoms with Crippen molar-refractivity contribution in [3.63, 3.8) is 0 Å². The molecule has 0 spiro atoms. The third kappa shape index (κ3) is 4.67. The Kier molecular flexibility index (Phi) is 6.52. The molecule has 2 N–H and O–H groups in total. The second-order valence-electron chi connectivity index (χ2n) is 6.39. The fourth-order valence-corrected chi connectivity index (χ4v) is 4.88. The van der Waals surface area contributed by atoms with Gasteiger partial charge in [0.25, 0.3) is 5.91 Å². The van der Waals surface area contributed by atoms with Crippen LogP contribution in [0.2, 0.25) is 5.02 Å². The van der Waals surface area contributed by atoms with Crippen LogP contribution >= 0.6 is 11.6 Å². The number of halogens is 1. The van der Waals surface area contributed by atoms with Gasteiger partial charge in [-0.15, -0.1) is 0 Å². The van der Waals surface area contributed by atoms with Crippen LogP contribution in [0.1, 0.15) is 37.0 Å². The lowest BCUT2D eigenvalue weighted by molar-refractivity contribution is -0.138. The van der Waals surface area contributed by atoms with E-state index in [1.165, 1.54) is 11.0 Å². The molecule has 2 rings (SSSR count). The Morgan fingerprint density at radius 1 is 1.42 bits per heavy atom. The van der Waals surface area contributed by atoms with Crippen LogP contribution in [0.4, 0.5) is 5.69 Å². The summed E-state index contributed by atoms with van der Waals surface area (Å²) in [4.78, 5) is 26.3. The van der Waals surface area contributed by atoms with Crippen molar-refractivity contribution in [2.24, 2.45) is 0 Å². The number of carbonyl (C=O) groups excluding carboxylic acids is 2. The maximum absolute atomic E-state index is 12.6. The van der Waals surface area contributed by atoms with Crippen LogP contribution < -0.4 is 5.73 Å². The van der Waals surface area contributed by atoms with E-state index >= 15 is 0 Å². The first-order valence-corrected chi connectivity index (χ1v) is 10.6. The highest BCUT2D eigenvalue weighted by molar-refractivity contribution is 7.91. The van der Waals surface area contributed by atoms with Crippen molar-refractivity contribution in [3.05, 3.63) is 28.8 Å². The quantitative estimate of drug-likeness (QED) is 0.575. The van der Waals surface area contributed by atoms with Gasteiger partial charge in [0.1, 0.15) is 0 Å². The number of para-hydroxylation sites is 1. The number of carbonyl (C=O) groups is 2. The van der Waals surface area contributed by atoms with Gasteiger partial charge >= 0.3 is 5.97 Å². The first kappa shape index (κ1) is 20.5. The lowest BCUT2D eigenvalue weighted by Gasteiger charge is -2.33. The molecular weight excluding hydrogens is 380 g/mol. The fourth-order valence-electron chi connectivity index (χ4n) is 3.00. The second kappa shape index (κ2) is 8.26. The Bertz CT molecular complexity index is 796. The summed E-state index contributed by atoms with van der Waals surface area (Å²) in [6, 6.07) is 4.02. The lowest BCUT2D eigenvalue weighted by Crippen LogP contribution is -2.48. The number of anilines is 1. The van der Waals surface area contributed by atoms with E-state index in [1.807, 2.05) is 13.8 Å². The van der Waals surface area contributed by atoms with E-state index in [-0.39, 0.29) is 33.8 Å². The molecule has 0 aliphatic carbocycles. The van der Waals surface area contributed by atoms with Gasteiger partial charge in [-0.25, -0.2) is 13.2 Å². The van der Waals surface area contributed by atoms with Gasteiger partial charge < -0.3 is 15.4 Å². The number of benzene rings is 1. The summed E-state index contributed by atoms with van der Waals surface area (Å²) in [5, 5.41) is 0.225. The summed E-state index contributed by atoms with van der Waals surface area (Å²) in [5.74, 6) is -1.16. The topological polar surface area (TPSA) is 107 Å². The van der Waals surface area contributed by atoms with E-state index in [0.717, 1.165) is 0 Å². The van der Waals surface area contributed by atoms with E-state index in [2.05, 4.69) is 0 Å². The van der Waals surface area contributed by atoms with Gasteiger partial charge in [-0.2, -0.15) is 0 Å². The summed E-state index contributed by atoms with van der Waals surface area (Å²) in [7, 11) is -3.13. The molecule has 9 heteroatoms. The van der Waals surface area contributed by atoms with Crippen LogP contribution in [0.3, 0.4) is 0 Å². The summed E-state index contributed by atoms with van der Waals surface area (Å²) in [5.41, 5.74) is 5.93. The summed E-state index contributed by atoms with van der Waals surface area (Å²) in [6.45, 7) is 3.28. The minimum absolute atomic E-state index is 0.0573. The third-order valence-electron chi connectivity index (χ3n) is 4.56. The van der Waals surface area contributed by atoms with Gasteiger partial charge in [0.15, 0.2) is 16.4 Å². The third-order valence-corrected chi connectivity index (χ3v) is 6.63. The Morgan fingerprint density at radius 2 is 2.12 bits per heavy atom. The molecule has 0 aromatic heterocycles. The van der Waals surface area contributed by atoms with Crippen LogP contribution in [0.5, 0.6) is 0 Å². The van der Waals surface area contributed by atoms with Gasteiger partial charge in [-0.05, 0) is 31.9 Å². The predicted octanol–water partition coefficient (Wildman–Crippen LogP) is 1.89. The Hall–Kier alpha value is -1.80. The molecule has 2 unspecified atom stereocenters. The molecule has 1 aliphatic rings. The zero-order valence-electron chi connectivity index (χ0n) is 14.8. The van der Waals surface area contributed by atoms with E-state index in [4.69, 9.17) is 22.1 Å². The number of nitrogens with two attached hydrogens (primary N) is 1. The number of esters is 1. The maximum atomic E-state index is 12.6. The van der Waals surface area contributed by atoms with Crippen molar-refractivity contribution in [1.29, 1.82) is 0 Å². The van der Waals surface area contributed by atoms with Crippen LogP contribution in [-0.2, 0) is 19.4 Å². The molecule has 1 fully saturated rings. The minimum Gasteiger partial charge on any atom is -0.452 e. The van der Waals surface area contributed by atoms with E-state index < -0.39 is 34.4 Å². The van der Waals surface area contributed by atoms with E-state index in [9.17, 15) is 18.0 Å². The van der Waals surface area contributed by atoms with Crippen molar-refractivity contribution >= 4 is 39.0 Å². The SMILES string of the molecule is CCC(C)N(C(=O)COC(=O)c1cccc(Cl)c1N)C1CCS(=O)(=O)C1. The smallest absolute Gasteiger partial charge is 0.340 e. The summed E-state index contributed by atoms with van der Waals surface area (Å²) in [6.07, 6.45) is 1.06. The number of nitrogen functional groups attached to an aromatic ring is 1. The van der Waals surface area contributed by atoms with E-state index in [1.54, 1.807) is 12.1 Å². The molecule has 1 amide bonds. The monoisotopic (exact) mass is 402 g/mol. The molecule has 1 saturated heterocycles. The van der Waals surface area contributed by atoms with Crippen LogP contribution in [0.15, 0.2) is 18.2 Å². The van der Waals surface area contributed by atoms with Crippen LogP contribution in [0.25, 0.3) is 0 Å². The van der Waals surface area contributed by atoms with Crippen molar-refractivity contribution in [3.8, 4) is 0 Å². The number of nitrogens with zero attached hydrogens (tertiary/aromatic N) is 1. The summed E-state index contributed by atoms with van der Waals surface area (Å²) < 4.78 is 28.6. The first-order chi connectivity index (χ1) is 12.2. The highest BCUT2D eigenvalue weighted by atomic mass is 35.5. The number of rotatable bonds is 6. The molecule has 144 valence electrons. The molecule has 0 radical (unpaired) electrons. The molecule has 1 aliphatic heterocycles. The number of amides is 1. The fraction of sp³-hybridized carbons (Fsp3) is 0.529. The van der Waals surface area contributed by atoms with Gasteiger partial charge in [0.05, 0.1) is 27.8 Å². The van der Waals surface area contributed by atoms with Crippen molar-refractivity contribution in [2.75, 3.05) is 23.8 Å². The highest BCUT2D eigenvalue weighted by Gasteiger charge is 2.36. The molecule has 1 heterocycles. The van der Waals surface area contributed by atoms with Crippen molar-refractivity contribution < 1.29 is 22.7 Å². The zero-order valence-corrected chi connectivity index (χ0v) is 16.3. The van der Waals surface area contributed by atoms with Crippen LogP contribution in [-0.4, -0.2) is 55.4 Å². The molecule has 1 aromatic carbocycles. The Morgan fingerprint density at radius 3 is 2.69 bits per heavy atom. The summed E-state index contributed by atoms with van der Waals surface area (Å²) >= 11 is 5.88. The average molecular weight is 403 g/mol. The van der Waals surface area contributed by atoms with Crippen molar-refractivity contribution in [1.82, 2.24) is 4.90 Å². The van der Waals surface area contributed by atoms with Gasteiger partial charge in [0.2, 0.25) is 0 Å². The minimum atomic E-state index is -3.13. The van der Waals surface area contributed by atoms with Gasteiger partial charge in [0, 0.05) is 12.1 Å². The molecule has 0 saturated carbocycles. The lowest BCUT2D eigenvalue weighted by atomic mass is 10.1. The van der Waals surface area contributed by atoms with Crippen LogP contribution in [0, 0.1) is 0 Å². The average Bonchev–Trinajstić information content (AvgIpc) is 2.94. The second-order valence-corrected chi connectivity index (χ2v) is 9.03. The van der Waals surface area contributed by atoms with Gasteiger partial charge in [-0.1, -0.05) is 24.6 Å². The highest BCUT2D eigenvalue weighted by Crippen LogP contribution is 2.24. The first-order valence-electron chi connectivity index (χ1n) is 8.39. The molecule has 1 aromatic rings. The number of sulfone groups is 1. The largest absolute Gasteiger partial charge is 0.452 e.